The Morgan fingerprint density at radius 2 is 1.93 bits per heavy atom. The van der Waals surface area contributed by atoms with E-state index in [4.69, 9.17) is 0 Å². The molecule has 78 valence electrons. The van der Waals surface area contributed by atoms with Crippen molar-refractivity contribution in [2.75, 3.05) is 18.5 Å². The molecule has 1 N–H and O–H groups in total. The Hall–Kier alpha value is -1.02. The van der Waals surface area contributed by atoms with Crippen LogP contribution >= 0.6 is 0 Å². The zero-order valence-electron chi connectivity index (χ0n) is 9.20. The number of hydrogen-bond acceptors (Lipinski definition) is 2. The Morgan fingerprint density at radius 1 is 1.29 bits per heavy atom. The van der Waals surface area contributed by atoms with Crippen LogP contribution in [-0.4, -0.2) is 18.7 Å². The van der Waals surface area contributed by atoms with Gasteiger partial charge in [0.05, 0.1) is 6.61 Å². The summed E-state index contributed by atoms with van der Waals surface area (Å²) in [5.41, 5.74) is 2.12. The SMILES string of the molecule is CC(C)CN(C)c1ccccc1CO. The van der Waals surface area contributed by atoms with E-state index in [0.29, 0.717) is 5.92 Å². The van der Waals surface area contributed by atoms with Crippen LogP contribution in [0.4, 0.5) is 5.69 Å². The maximum absolute atomic E-state index is 9.17. The van der Waals surface area contributed by atoms with Crippen molar-refractivity contribution in [2.45, 2.75) is 20.5 Å². The number of hydrogen-bond donors (Lipinski definition) is 1. The van der Waals surface area contributed by atoms with Crippen LogP contribution in [0.3, 0.4) is 0 Å². The summed E-state index contributed by atoms with van der Waals surface area (Å²) in [6.45, 7) is 5.51. The zero-order chi connectivity index (χ0) is 10.6. The average Bonchev–Trinajstić information content (AvgIpc) is 2.16. The number of nitrogens with zero attached hydrogens (tertiary/aromatic N) is 1. The molecule has 1 aromatic rings. The highest BCUT2D eigenvalue weighted by Gasteiger charge is 2.06. The minimum absolute atomic E-state index is 0.110. The molecule has 2 heteroatoms. The van der Waals surface area contributed by atoms with E-state index in [2.05, 4.69) is 25.8 Å². The Balaban J connectivity index is 2.82. The van der Waals surface area contributed by atoms with Gasteiger partial charge in [-0.25, -0.2) is 0 Å². The first-order chi connectivity index (χ1) is 6.65. The summed E-state index contributed by atoms with van der Waals surface area (Å²) < 4.78 is 0. The molecule has 0 heterocycles. The second-order valence-corrected chi connectivity index (χ2v) is 4.06. The molecule has 0 fully saturated rings. The number of para-hydroxylation sites is 1. The topological polar surface area (TPSA) is 23.5 Å². The molecule has 0 amide bonds. The van der Waals surface area contributed by atoms with E-state index in [1.54, 1.807) is 0 Å². The van der Waals surface area contributed by atoms with Crippen molar-refractivity contribution < 1.29 is 5.11 Å². The third kappa shape index (κ3) is 2.74. The van der Waals surface area contributed by atoms with Gasteiger partial charge in [0, 0.05) is 24.8 Å². The van der Waals surface area contributed by atoms with E-state index >= 15 is 0 Å². The number of anilines is 1. The summed E-state index contributed by atoms with van der Waals surface area (Å²) in [6.07, 6.45) is 0. The molecule has 0 bridgehead atoms. The van der Waals surface area contributed by atoms with Crippen LogP contribution in [0, 0.1) is 5.92 Å². The molecule has 2 nitrogen and oxygen atoms in total. The molecule has 0 aliphatic heterocycles. The quantitative estimate of drug-likeness (QED) is 0.793. The standard InChI is InChI=1S/C12H19NO/c1-10(2)8-13(3)12-7-5-4-6-11(12)9-14/h4-7,10,14H,8-9H2,1-3H3. The highest BCUT2D eigenvalue weighted by molar-refractivity contribution is 5.52. The van der Waals surface area contributed by atoms with E-state index in [1.165, 1.54) is 0 Å². The first kappa shape index (κ1) is 11.1. The van der Waals surface area contributed by atoms with Crippen LogP contribution in [0.2, 0.25) is 0 Å². The van der Waals surface area contributed by atoms with E-state index < -0.39 is 0 Å². The van der Waals surface area contributed by atoms with E-state index in [1.807, 2.05) is 24.3 Å². The van der Waals surface area contributed by atoms with Crippen molar-refractivity contribution in [3.8, 4) is 0 Å². The molecule has 14 heavy (non-hydrogen) atoms. The molecule has 0 aliphatic carbocycles. The zero-order valence-corrected chi connectivity index (χ0v) is 9.20. The predicted octanol–water partition coefficient (Wildman–Crippen LogP) is 2.27. The fourth-order valence-corrected chi connectivity index (χ4v) is 1.66. The minimum Gasteiger partial charge on any atom is -0.392 e. The molecule has 0 spiro atoms. The van der Waals surface area contributed by atoms with Crippen LogP contribution in [0.5, 0.6) is 0 Å². The predicted molar refractivity (Wildman–Crippen MR) is 60.5 cm³/mol. The van der Waals surface area contributed by atoms with Gasteiger partial charge in [-0.05, 0) is 12.0 Å². The molecule has 1 aromatic carbocycles. The normalized spacial score (nSPS) is 10.6. The fourth-order valence-electron chi connectivity index (χ4n) is 1.66. The average molecular weight is 193 g/mol. The summed E-state index contributed by atoms with van der Waals surface area (Å²) in [5, 5.41) is 9.17. The number of rotatable bonds is 4. The van der Waals surface area contributed by atoms with Gasteiger partial charge in [0.25, 0.3) is 0 Å². The number of benzene rings is 1. The maximum Gasteiger partial charge on any atom is 0.0702 e. The monoisotopic (exact) mass is 193 g/mol. The first-order valence-electron chi connectivity index (χ1n) is 5.05. The molecule has 0 unspecified atom stereocenters. The van der Waals surface area contributed by atoms with Crippen molar-refractivity contribution in [3.63, 3.8) is 0 Å². The van der Waals surface area contributed by atoms with Crippen molar-refractivity contribution in [1.82, 2.24) is 0 Å². The lowest BCUT2D eigenvalue weighted by Crippen LogP contribution is -2.23. The summed E-state index contributed by atoms with van der Waals surface area (Å²) in [6, 6.07) is 7.98. The molecule has 0 aromatic heterocycles. The second kappa shape index (κ2) is 5.01. The fraction of sp³-hybridized carbons (Fsp3) is 0.500. The van der Waals surface area contributed by atoms with Gasteiger partial charge in [0.2, 0.25) is 0 Å². The largest absolute Gasteiger partial charge is 0.392 e. The smallest absolute Gasteiger partial charge is 0.0702 e. The second-order valence-electron chi connectivity index (χ2n) is 4.06. The van der Waals surface area contributed by atoms with Gasteiger partial charge in [0.15, 0.2) is 0 Å². The minimum atomic E-state index is 0.110. The van der Waals surface area contributed by atoms with Crippen molar-refractivity contribution >= 4 is 5.69 Å². The molecule has 0 radical (unpaired) electrons. The lowest BCUT2D eigenvalue weighted by atomic mass is 10.1. The molecule has 1 rings (SSSR count). The van der Waals surface area contributed by atoms with Crippen molar-refractivity contribution in [2.24, 2.45) is 5.92 Å². The van der Waals surface area contributed by atoms with Gasteiger partial charge >= 0.3 is 0 Å². The Bertz CT molecular complexity index is 283. The van der Waals surface area contributed by atoms with Gasteiger partial charge in [-0.3, -0.25) is 0 Å². The first-order valence-corrected chi connectivity index (χ1v) is 5.05. The van der Waals surface area contributed by atoms with Crippen molar-refractivity contribution in [3.05, 3.63) is 29.8 Å². The van der Waals surface area contributed by atoms with Gasteiger partial charge in [-0.2, -0.15) is 0 Å². The van der Waals surface area contributed by atoms with Crippen LogP contribution in [0.25, 0.3) is 0 Å². The highest BCUT2D eigenvalue weighted by Crippen LogP contribution is 2.19. The summed E-state index contributed by atoms with van der Waals surface area (Å²) >= 11 is 0. The summed E-state index contributed by atoms with van der Waals surface area (Å²) in [7, 11) is 2.06. The molecular weight excluding hydrogens is 174 g/mol. The summed E-state index contributed by atoms with van der Waals surface area (Å²) in [4.78, 5) is 2.19. The van der Waals surface area contributed by atoms with Crippen molar-refractivity contribution in [1.29, 1.82) is 0 Å². The van der Waals surface area contributed by atoms with Gasteiger partial charge < -0.3 is 10.0 Å². The number of aliphatic hydroxyl groups is 1. The van der Waals surface area contributed by atoms with Crippen LogP contribution in [-0.2, 0) is 6.61 Å². The third-order valence-electron chi connectivity index (χ3n) is 2.21. The van der Waals surface area contributed by atoms with Gasteiger partial charge in [0.1, 0.15) is 0 Å². The van der Waals surface area contributed by atoms with Crippen LogP contribution in [0.1, 0.15) is 19.4 Å². The lowest BCUT2D eigenvalue weighted by Gasteiger charge is -2.23. The Labute approximate surface area is 86.2 Å². The lowest BCUT2D eigenvalue weighted by molar-refractivity contribution is 0.282. The highest BCUT2D eigenvalue weighted by atomic mass is 16.3. The molecule has 0 saturated heterocycles. The maximum atomic E-state index is 9.17. The molecular formula is C12H19NO. The third-order valence-corrected chi connectivity index (χ3v) is 2.21. The van der Waals surface area contributed by atoms with Gasteiger partial charge in [-0.15, -0.1) is 0 Å². The van der Waals surface area contributed by atoms with E-state index in [9.17, 15) is 5.11 Å². The molecule has 0 aliphatic rings. The van der Waals surface area contributed by atoms with E-state index in [-0.39, 0.29) is 6.61 Å². The number of aliphatic hydroxyl groups excluding tert-OH is 1. The van der Waals surface area contributed by atoms with Crippen LogP contribution in [0.15, 0.2) is 24.3 Å². The molecule has 0 saturated carbocycles. The summed E-state index contributed by atoms with van der Waals surface area (Å²) in [5.74, 6) is 0.631. The Kier molecular flexibility index (Phi) is 3.96. The van der Waals surface area contributed by atoms with E-state index in [0.717, 1.165) is 17.8 Å². The Morgan fingerprint density at radius 3 is 2.50 bits per heavy atom. The molecule has 0 atom stereocenters. The van der Waals surface area contributed by atoms with Crippen LogP contribution < -0.4 is 4.90 Å². The van der Waals surface area contributed by atoms with Gasteiger partial charge in [-0.1, -0.05) is 32.0 Å².